The van der Waals surface area contributed by atoms with Crippen molar-refractivity contribution in [2.24, 2.45) is 0 Å². The molecule has 2 N–H and O–H groups in total. The van der Waals surface area contributed by atoms with Crippen molar-refractivity contribution in [1.29, 1.82) is 0 Å². The molecule has 1 atom stereocenters. The Balaban J connectivity index is 1.51. The SMILES string of the molecule is CC1=C(C(=O)Nc2ccccc2C)[C@@H](c2cccc(OCc3ccccc3)c2)C2=C(CCCC2=O)N1. The number of rotatable bonds is 6. The number of nitrogens with one attached hydrogen (secondary N) is 2. The van der Waals surface area contributed by atoms with Crippen LogP contribution in [0.5, 0.6) is 5.75 Å². The molecule has 5 nitrogen and oxygen atoms in total. The van der Waals surface area contributed by atoms with E-state index >= 15 is 0 Å². The van der Waals surface area contributed by atoms with Gasteiger partial charge in [0.25, 0.3) is 5.91 Å². The lowest BCUT2D eigenvalue weighted by Gasteiger charge is -2.34. The predicted molar refractivity (Wildman–Crippen MR) is 141 cm³/mol. The highest BCUT2D eigenvalue weighted by Gasteiger charge is 2.38. The van der Waals surface area contributed by atoms with Crippen LogP contribution in [0.4, 0.5) is 5.69 Å². The number of dihydropyridines is 1. The van der Waals surface area contributed by atoms with Gasteiger partial charge in [0.2, 0.25) is 0 Å². The van der Waals surface area contributed by atoms with E-state index in [1.807, 2.05) is 92.7 Å². The summed E-state index contributed by atoms with van der Waals surface area (Å²) in [6, 6.07) is 25.5. The molecule has 5 heteroatoms. The number of Topliss-reactive ketones (excluding diaryl/α,β-unsaturated/α-hetero) is 1. The van der Waals surface area contributed by atoms with Gasteiger partial charge in [-0.3, -0.25) is 9.59 Å². The summed E-state index contributed by atoms with van der Waals surface area (Å²) in [7, 11) is 0. The average molecular weight is 479 g/mol. The summed E-state index contributed by atoms with van der Waals surface area (Å²) < 4.78 is 6.09. The zero-order valence-corrected chi connectivity index (χ0v) is 20.6. The van der Waals surface area contributed by atoms with E-state index in [9.17, 15) is 9.59 Å². The first-order valence-electron chi connectivity index (χ1n) is 12.4. The Bertz CT molecular complexity index is 1370. The number of benzene rings is 3. The van der Waals surface area contributed by atoms with Crippen LogP contribution in [0.3, 0.4) is 0 Å². The van der Waals surface area contributed by atoms with Gasteiger partial charge in [-0.15, -0.1) is 0 Å². The van der Waals surface area contributed by atoms with Gasteiger partial charge in [-0.25, -0.2) is 0 Å². The second-order valence-corrected chi connectivity index (χ2v) is 9.38. The molecule has 3 aromatic carbocycles. The molecule has 0 saturated carbocycles. The lowest BCUT2D eigenvalue weighted by atomic mass is 9.75. The molecule has 36 heavy (non-hydrogen) atoms. The normalized spacial score (nSPS) is 17.4. The van der Waals surface area contributed by atoms with E-state index in [0.717, 1.165) is 46.6 Å². The van der Waals surface area contributed by atoms with Crippen molar-refractivity contribution in [3.63, 3.8) is 0 Å². The van der Waals surface area contributed by atoms with Gasteiger partial charge in [-0.1, -0.05) is 60.7 Å². The van der Waals surface area contributed by atoms with E-state index in [4.69, 9.17) is 4.74 Å². The van der Waals surface area contributed by atoms with Crippen LogP contribution in [0.2, 0.25) is 0 Å². The number of carbonyl (C=O) groups excluding carboxylic acids is 2. The number of aryl methyl sites for hydroxylation is 1. The van der Waals surface area contributed by atoms with Crippen molar-refractivity contribution < 1.29 is 14.3 Å². The number of hydrogen-bond acceptors (Lipinski definition) is 4. The van der Waals surface area contributed by atoms with E-state index in [2.05, 4.69) is 10.6 Å². The fourth-order valence-corrected chi connectivity index (χ4v) is 5.05. The van der Waals surface area contributed by atoms with Crippen LogP contribution in [-0.2, 0) is 16.2 Å². The highest BCUT2D eigenvalue weighted by Crippen LogP contribution is 2.43. The van der Waals surface area contributed by atoms with Gasteiger partial charge >= 0.3 is 0 Å². The number of hydrogen-bond donors (Lipinski definition) is 2. The maximum atomic E-state index is 13.7. The third-order valence-electron chi connectivity index (χ3n) is 6.85. The Morgan fingerprint density at radius 3 is 2.56 bits per heavy atom. The second-order valence-electron chi connectivity index (χ2n) is 9.38. The quantitative estimate of drug-likeness (QED) is 0.444. The number of anilines is 1. The van der Waals surface area contributed by atoms with Crippen LogP contribution in [0.1, 0.15) is 48.8 Å². The minimum Gasteiger partial charge on any atom is -0.489 e. The van der Waals surface area contributed by atoms with E-state index < -0.39 is 5.92 Å². The first kappa shape index (κ1) is 23.6. The van der Waals surface area contributed by atoms with Crippen LogP contribution in [-0.4, -0.2) is 11.7 Å². The van der Waals surface area contributed by atoms with Crippen molar-refractivity contribution in [2.75, 3.05) is 5.32 Å². The van der Waals surface area contributed by atoms with Crippen LogP contribution < -0.4 is 15.4 Å². The number of para-hydroxylation sites is 1. The van der Waals surface area contributed by atoms with Crippen molar-refractivity contribution in [2.45, 2.75) is 45.6 Å². The second kappa shape index (κ2) is 10.2. The summed E-state index contributed by atoms with van der Waals surface area (Å²) in [5.74, 6) is 0.132. The van der Waals surface area contributed by atoms with Gasteiger partial charge in [0.1, 0.15) is 12.4 Å². The summed E-state index contributed by atoms with van der Waals surface area (Å²) in [5, 5.41) is 6.47. The summed E-state index contributed by atoms with van der Waals surface area (Å²) in [5.41, 5.74) is 6.65. The lowest BCUT2D eigenvalue weighted by molar-refractivity contribution is -0.116. The van der Waals surface area contributed by atoms with E-state index in [1.54, 1.807) is 0 Å². The smallest absolute Gasteiger partial charge is 0.254 e. The minimum atomic E-state index is -0.460. The molecule has 0 saturated heterocycles. The van der Waals surface area contributed by atoms with Gasteiger partial charge in [0.05, 0.1) is 0 Å². The third kappa shape index (κ3) is 4.82. The Hall–Kier alpha value is -4.12. The molecule has 2 aliphatic rings. The first-order valence-corrected chi connectivity index (χ1v) is 12.4. The van der Waals surface area contributed by atoms with Gasteiger partial charge in [-0.05, 0) is 61.6 Å². The number of allylic oxidation sites excluding steroid dienone is 3. The minimum absolute atomic E-state index is 0.0954. The maximum Gasteiger partial charge on any atom is 0.254 e. The van der Waals surface area contributed by atoms with Crippen LogP contribution in [0, 0.1) is 6.92 Å². The Labute approximate surface area is 211 Å². The van der Waals surface area contributed by atoms with Crippen LogP contribution >= 0.6 is 0 Å². The molecular formula is C31H30N2O3. The first-order chi connectivity index (χ1) is 17.5. The zero-order valence-electron chi connectivity index (χ0n) is 20.6. The number of ether oxygens (including phenoxy) is 1. The molecule has 1 heterocycles. The van der Waals surface area contributed by atoms with Gasteiger partial charge in [-0.2, -0.15) is 0 Å². The van der Waals surface area contributed by atoms with Crippen LogP contribution in [0.25, 0.3) is 0 Å². The Morgan fingerprint density at radius 2 is 1.75 bits per heavy atom. The Morgan fingerprint density at radius 1 is 0.972 bits per heavy atom. The van der Waals surface area contributed by atoms with Crippen molar-refractivity contribution in [3.05, 3.63) is 118 Å². The molecule has 0 spiro atoms. The molecule has 0 aromatic heterocycles. The molecule has 3 aromatic rings. The van der Waals surface area contributed by atoms with Gasteiger partial charge < -0.3 is 15.4 Å². The van der Waals surface area contributed by atoms with E-state index in [0.29, 0.717) is 29.9 Å². The average Bonchev–Trinajstić information content (AvgIpc) is 2.89. The molecule has 1 aliphatic heterocycles. The van der Waals surface area contributed by atoms with Gasteiger partial charge in [0.15, 0.2) is 5.78 Å². The monoisotopic (exact) mass is 478 g/mol. The molecule has 0 fully saturated rings. The van der Waals surface area contributed by atoms with Gasteiger partial charge in [0, 0.05) is 40.6 Å². The van der Waals surface area contributed by atoms with Crippen molar-refractivity contribution >= 4 is 17.4 Å². The molecule has 0 bridgehead atoms. The number of carbonyl (C=O) groups is 2. The highest BCUT2D eigenvalue weighted by molar-refractivity contribution is 6.10. The van der Waals surface area contributed by atoms with Crippen LogP contribution in [0.15, 0.2) is 101 Å². The summed E-state index contributed by atoms with van der Waals surface area (Å²) in [4.78, 5) is 26.9. The molecule has 1 aliphatic carbocycles. The standard InChI is InChI=1S/C31H30N2O3/c1-20-10-6-7-15-25(20)33-31(35)28-21(2)32-26-16-9-17-27(34)30(26)29(28)23-13-8-14-24(18-23)36-19-22-11-4-3-5-12-22/h3-8,10-15,18,29,32H,9,16-17,19H2,1-2H3,(H,33,35)/t29-/m1/s1. The largest absolute Gasteiger partial charge is 0.489 e. The van der Waals surface area contributed by atoms with Crippen molar-refractivity contribution in [3.8, 4) is 5.75 Å². The topological polar surface area (TPSA) is 67.4 Å². The number of ketones is 1. The Kier molecular flexibility index (Phi) is 6.72. The fraction of sp³-hybridized carbons (Fsp3) is 0.226. The molecule has 5 rings (SSSR count). The van der Waals surface area contributed by atoms with Crippen molar-refractivity contribution in [1.82, 2.24) is 5.32 Å². The zero-order chi connectivity index (χ0) is 25.1. The third-order valence-corrected chi connectivity index (χ3v) is 6.85. The lowest BCUT2D eigenvalue weighted by Crippen LogP contribution is -2.35. The molecule has 0 unspecified atom stereocenters. The molecule has 1 amide bonds. The number of amides is 1. The summed E-state index contributed by atoms with van der Waals surface area (Å²) in [6.45, 7) is 4.32. The van der Waals surface area contributed by atoms with E-state index in [1.165, 1.54) is 0 Å². The van der Waals surface area contributed by atoms with E-state index in [-0.39, 0.29) is 11.7 Å². The predicted octanol–water partition coefficient (Wildman–Crippen LogP) is 6.18. The highest BCUT2D eigenvalue weighted by atomic mass is 16.5. The molecule has 0 radical (unpaired) electrons. The fourth-order valence-electron chi connectivity index (χ4n) is 5.05. The summed E-state index contributed by atoms with van der Waals surface area (Å²) in [6.07, 6.45) is 2.11. The summed E-state index contributed by atoms with van der Waals surface area (Å²) >= 11 is 0. The maximum absolute atomic E-state index is 13.7. The molecule has 182 valence electrons. The molecular weight excluding hydrogens is 448 g/mol.